The van der Waals surface area contributed by atoms with E-state index in [-0.39, 0.29) is 5.56 Å². The number of nitrogens with one attached hydrogen (secondary N) is 1. The molecule has 0 unspecified atom stereocenters. The summed E-state index contributed by atoms with van der Waals surface area (Å²) in [6.45, 7) is 0.303. The Morgan fingerprint density at radius 1 is 1.53 bits per heavy atom. The summed E-state index contributed by atoms with van der Waals surface area (Å²) in [4.78, 5) is 15.8. The summed E-state index contributed by atoms with van der Waals surface area (Å²) < 4.78 is 13.9. The third kappa shape index (κ3) is 2.89. The highest BCUT2D eigenvalue weighted by atomic mass is 79.9. The van der Waals surface area contributed by atoms with Gasteiger partial charge in [0.25, 0.3) is 5.91 Å². The van der Waals surface area contributed by atoms with Crippen LogP contribution in [0.3, 0.4) is 0 Å². The Labute approximate surface area is 110 Å². The van der Waals surface area contributed by atoms with Crippen molar-refractivity contribution in [3.05, 3.63) is 50.6 Å². The van der Waals surface area contributed by atoms with Gasteiger partial charge in [-0.1, -0.05) is 6.07 Å². The first kappa shape index (κ1) is 12.2. The first-order valence-electron chi connectivity index (χ1n) is 4.79. The number of carbonyl (C=O) groups excluding carboxylic acids is 1. The van der Waals surface area contributed by atoms with E-state index < -0.39 is 11.7 Å². The molecule has 0 radical (unpaired) electrons. The van der Waals surface area contributed by atoms with Crippen molar-refractivity contribution in [2.75, 3.05) is 0 Å². The van der Waals surface area contributed by atoms with E-state index in [0.717, 1.165) is 5.01 Å². The fourth-order valence-corrected chi connectivity index (χ4v) is 2.38. The second-order valence-electron chi connectivity index (χ2n) is 3.21. The molecular weight excluding hydrogens is 307 g/mol. The molecule has 0 spiro atoms. The summed E-state index contributed by atoms with van der Waals surface area (Å²) in [6, 6.07) is 4.42. The van der Waals surface area contributed by atoms with Crippen LogP contribution in [0.15, 0.2) is 34.2 Å². The summed E-state index contributed by atoms with van der Waals surface area (Å²) in [7, 11) is 0. The topological polar surface area (TPSA) is 42.0 Å². The predicted octanol–water partition coefficient (Wildman–Crippen LogP) is 2.97. The molecule has 1 amide bonds. The number of rotatable bonds is 3. The van der Waals surface area contributed by atoms with Gasteiger partial charge in [-0.05, 0) is 28.1 Å². The van der Waals surface area contributed by atoms with Crippen molar-refractivity contribution in [1.29, 1.82) is 0 Å². The average molecular weight is 315 g/mol. The van der Waals surface area contributed by atoms with Crippen molar-refractivity contribution < 1.29 is 9.18 Å². The summed E-state index contributed by atoms with van der Waals surface area (Å²) in [5, 5.41) is 5.23. The van der Waals surface area contributed by atoms with Crippen LogP contribution in [0.2, 0.25) is 0 Å². The van der Waals surface area contributed by atoms with E-state index in [1.807, 2.05) is 5.38 Å². The van der Waals surface area contributed by atoms with Gasteiger partial charge in [0.2, 0.25) is 0 Å². The van der Waals surface area contributed by atoms with Crippen LogP contribution in [0.1, 0.15) is 15.4 Å². The lowest BCUT2D eigenvalue weighted by atomic mass is 10.2. The van der Waals surface area contributed by atoms with Gasteiger partial charge >= 0.3 is 0 Å². The molecule has 0 fully saturated rings. The third-order valence-corrected chi connectivity index (χ3v) is 3.51. The maximum atomic E-state index is 13.5. The maximum absolute atomic E-state index is 13.5. The van der Waals surface area contributed by atoms with E-state index in [9.17, 15) is 9.18 Å². The molecule has 2 aromatic rings. The van der Waals surface area contributed by atoms with Crippen LogP contribution in [0.5, 0.6) is 0 Å². The lowest BCUT2D eigenvalue weighted by molar-refractivity contribution is 0.0946. The molecule has 1 aromatic heterocycles. The Balaban J connectivity index is 2.10. The van der Waals surface area contributed by atoms with E-state index in [0.29, 0.717) is 11.0 Å². The zero-order valence-electron chi connectivity index (χ0n) is 8.61. The second-order valence-corrected chi connectivity index (χ2v) is 5.04. The van der Waals surface area contributed by atoms with E-state index >= 15 is 0 Å². The number of halogens is 2. The summed E-state index contributed by atoms with van der Waals surface area (Å²) in [6.07, 6.45) is 1.66. The van der Waals surface area contributed by atoms with Gasteiger partial charge in [-0.15, -0.1) is 11.3 Å². The van der Waals surface area contributed by atoms with Crippen molar-refractivity contribution in [3.8, 4) is 0 Å². The Hall–Kier alpha value is -1.27. The molecule has 17 heavy (non-hydrogen) atoms. The summed E-state index contributed by atoms with van der Waals surface area (Å²) >= 11 is 4.59. The van der Waals surface area contributed by atoms with Crippen LogP contribution in [0.4, 0.5) is 4.39 Å². The monoisotopic (exact) mass is 314 g/mol. The van der Waals surface area contributed by atoms with Crippen LogP contribution in [-0.4, -0.2) is 10.9 Å². The van der Waals surface area contributed by atoms with Gasteiger partial charge in [0.05, 0.1) is 12.1 Å². The molecule has 0 saturated heterocycles. The molecule has 0 atom stereocenters. The minimum atomic E-state index is -0.545. The number of hydrogen-bond acceptors (Lipinski definition) is 3. The molecule has 0 saturated carbocycles. The molecule has 0 aliphatic heterocycles. The fourth-order valence-electron chi connectivity index (χ4n) is 1.30. The maximum Gasteiger partial charge on any atom is 0.255 e. The smallest absolute Gasteiger partial charge is 0.255 e. The lowest BCUT2D eigenvalue weighted by Gasteiger charge is -2.06. The SMILES string of the molecule is O=C(NCc1nccs1)c1c(F)cccc1Br. The van der Waals surface area contributed by atoms with E-state index in [1.165, 1.54) is 23.5 Å². The number of benzene rings is 1. The van der Waals surface area contributed by atoms with Gasteiger partial charge < -0.3 is 5.32 Å². The molecule has 0 aliphatic carbocycles. The predicted molar refractivity (Wildman–Crippen MR) is 67.4 cm³/mol. The van der Waals surface area contributed by atoms with E-state index in [4.69, 9.17) is 0 Å². The van der Waals surface area contributed by atoms with Gasteiger partial charge in [-0.25, -0.2) is 9.37 Å². The number of carbonyl (C=O) groups is 1. The van der Waals surface area contributed by atoms with Gasteiger partial charge in [-0.2, -0.15) is 0 Å². The molecule has 1 aromatic carbocycles. The quantitative estimate of drug-likeness (QED) is 0.946. The van der Waals surface area contributed by atoms with Gasteiger partial charge in [0.15, 0.2) is 0 Å². The normalized spacial score (nSPS) is 10.2. The molecule has 2 rings (SSSR count). The minimum Gasteiger partial charge on any atom is -0.345 e. The van der Waals surface area contributed by atoms with Gasteiger partial charge in [-0.3, -0.25) is 4.79 Å². The molecule has 6 heteroatoms. The highest BCUT2D eigenvalue weighted by Gasteiger charge is 2.15. The number of aromatic nitrogens is 1. The van der Waals surface area contributed by atoms with Crippen LogP contribution in [0, 0.1) is 5.82 Å². The number of hydrogen-bond donors (Lipinski definition) is 1. The number of nitrogens with zero attached hydrogens (tertiary/aromatic N) is 1. The van der Waals surface area contributed by atoms with Crippen LogP contribution in [-0.2, 0) is 6.54 Å². The van der Waals surface area contributed by atoms with Gasteiger partial charge in [0, 0.05) is 16.0 Å². The first-order valence-corrected chi connectivity index (χ1v) is 6.46. The minimum absolute atomic E-state index is 0.0176. The average Bonchev–Trinajstić information content (AvgIpc) is 2.79. The third-order valence-electron chi connectivity index (χ3n) is 2.07. The molecule has 88 valence electrons. The largest absolute Gasteiger partial charge is 0.345 e. The molecule has 0 aliphatic rings. The fraction of sp³-hybridized carbons (Fsp3) is 0.0909. The summed E-state index contributed by atoms with van der Waals surface area (Å²) in [5.41, 5.74) is 0.0176. The van der Waals surface area contributed by atoms with E-state index in [2.05, 4.69) is 26.2 Å². The first-order chi connectivity index (χ1) is 8.18. The van der Waals surface area contributed by atoms with Crippen molar-refractivity contribution in [2.24, 2.45) is 0 Å². The van der Waals surface area contributed by atoms with Crippen molar-refractivity contribution in [3.63, 3.8) is 0 Å². The Kier molecular flexibility index (Phi) is 3.86. The molecule has 1 N–H and O–H groups in total. The van der Waals surface area contributed by atoms with Crippen molar-refractivity contribution in [1.82, 2.24) is 10.3 Å². The molecular formula is C11H8BrFN2OS. The lowest BCUT2D eigenvalue weighted by Crippen LogP contribution is -2.24. The van der Waals surface area contributed by atoms with Crippen LogP contribution >= 0.6 is 27.3 Å². The zero-order valence-corrected chi connectivity index (χ0v) is 11.0. The second kappa shape index (κ2) is 5.37. The Morgan fingerprint density at radius 3 is 3.00 bits per heavy atom. The van der Waals surface area contributed by atoms with Crippen LogP contribution in [0.25, 0.3) is 0 Å². The van der Waals surface area contributed by atoms with Gasteiger partial charge in [0.1, 0.15) is 10.8 Å². The zero-order chi connectivity index (χ0) is 12.3. The van der Waals surface area contributed by atoms with Crippen molar-refractivity contribution in [2.45, 2.75) is 6.54 Å². The summed E-state index contributed by atoms with van der Waals surface area (Å²) in [5.74, 6) is -0.999. The Bertz CT molecular complexity index is 510. The highest BCUT2D eigenvalue weighted by Crippen LogP contribution is 2.19. The Morgan fingerprint density at radius 2 is 2.35 bits per heavy atom. The standard InChI is InChI=1S/C11H8BrFN2OS/c12-7-2-1-3-8(13)10(7)11(16)15-6-9-14-4-5-17-9/h1-5H,6H2,(H,15,16). The van der Waals surface area contributed by atoms with E-state index in [1.54, 1.807) is 12.3 Å². The molecule has 1 heterocycles. The van der Waals surface area contributed by atoms with Crippen molar-refractivity contribution >= 4 is 33.2 Å². The molecule has 3 nitrogen and oxygen atoms in total. The van der Waals surface area contributed by atoms with Crippen LogP contribution < -0.4 is 5.32 Å². The molecule has 0 bridgehead atoms. The highest BCUT2D eigenvalue weighted by molar-refractivity contribution is 9.10. The number of amides is 1. The number of thiazole rings is 1.